The van der Waals surface area contributed by atoms with Crippen LogP contribution in [0.15, 0.2) is 33.7 Å². The van der Waals surface area contributed by atoms with Crippen molar-refractivity contribution in [2.24, 2.45) is 10.7 Å². The van der Waals surface area contributed by atoms with E-state index in [1.165, 1.54) is 19.3 Å². The highest BCUT2D eigenvalue weighted by molar-refractivity contribution is 14.0. The van der Waals surface area contributed by atoms with Crippen LogP contribution in [-0.2, 0) is 11.3 Å². The van der Waals surface area contributed by atoms with E-state index < -0.39 is 0 Å². The molecule has 140 valence electrons. The molecule has 7 heteroatoms. The molecule has 5 nitrogen and oxygen atoms in total. The van der Waals surface area contributed by atoms with Crippen molar-refractivity contribution in [1.82, 2.24) is 10.2 Å². The Morgan fingerprint density at radius 1 is 1.32 bits per heavy atom. The lowest BCUT2D eigenvalue weighted by molar-refractivity contribution is -0.130. The molecule has 1 aliphatic rings. The van der Waals surface area contributed by atoms with Gasteiger partial charge >= 0.3 is 0 Å². The zero-order chi connectivity index (χ0) is 17.4. The van der Waals surface area contributed by atoms with E-state index in [2.05, 4.69) is 26.2 Å². The van der Waals surface area contributed by atoms with Crippen molar-refractivity contribution >= 4 is 51.8 Å². The number of aliphatic imine (C=N–C) groups is 1. The largest absolute Gasteiger partial charge is 0.370 e. The van der Waals surface area contributed by atoms with E-state index in [4.69, 9.17) is 5.73 Å². The lowest BCUT2D eigenvalue weighted by Crippen LogP contribution is -2.41. The molecule has 1 aromatic carbocycles. The number of rotatable bonds is 6. The normalized spacial score (nSPS) is 15.4. The number of hydrogen-bond acceptors (Lipinski definition) is 2. The molecule has 1 saturated carbocycles. The van der Waals surface area contributed by atoms with Gasteiger partial charge in [0.25, 0.3) is 0 Å². The summed E-state index contributed by atoms with van der Waals surface area (Å²) >= 11 is 3.51. The van der Waals surface area contributed by atoms with Crippen LogP contribution in [0.25, 0.3) is 0 Å². The number of carbonyl (C=O) groups excluding carboxylic acids is 1. The smallest absolute Gasteiger partial charge is 0.224 e. The van der Waals surface area contributed by atoms with Gasteiger partial charge in [-0.3, -0.25) is 9.79 Å². The zero-order valence-electron chi connectivity index (χ0n) is 14.7. The minimum atomic E-state index is 0. The van der Waals surface area contributed by atoms with Crippen molar-refractivity contribution in [3.63, 3.8) is 0 Å². The molecule has 0 heterocycles. The predicted octanol–water partition coefficient (Wildman–Crippen LogP) is 3.65. The summed E-state index contributed by atoms with van der Waals surface area (Å²) in [5, 5.41) is 3.27. The minimum absolute atomic E-state index is 0. The molecule has 0 aromatic heterocycles. The Morgan fingerprint density at radius 3 is 2.68 bits per heavy atom. The number of halogens is 2. The number of carbonyl (C=O) groups is 1. The van der Waals surface area contributed by atoms with Crippen molar-refractivity contribution in [2.45, 2.75) is 51.1 Å². The molecular weight excluding hydrogens is 495 g/mol. The van der Waals surface area contributed by atoms with Crippen molar-refractivity contribution < 1.29 is 4.79 Å². The van der Waals surface area contributed by atoms with Crippen molar-refractivity contribution in [3.8, 4) is 0 Å². The Balaban J connectivity index is 0.00000312. The van der Waals surface area contributed by atoms with Gasteiger partial charge in [0.05, 0.1) is 6.54 Å². The first-order chi connectivity index (χ1) is 11.6. The highest BCUT2D eigenvalue weighted by atomic mass is 127. The first-order valence-electron chi connectivity index (χ1n) is 8.60. The second-order valence-corrected chi connectivity index (χ2v) is 7.19. The van der Waals surface area contributed by atoms with Crippen molar-refractivity contribution in [1.29, 1.82) is 0 Å². The quantitative estimate of drug-likeness (QED) is 0.340. The molecule has 0 spiro atoms. The van der Waals surface area contributed by atoms with Gasteiger partial charge in [0.2, 0.25) is 5.91 Å². The maximum atomic E-state index is 12.2. The summed E-state index contributed by atoms with van der Waals surface area (Å²) in [5.74, 6) is 0.531. The van der Waals surface area contributed by atoms with Gasteiger partial charge in [-0.15, -0.1) is 24.0 Å². The summed E-state index contributed by atoms with van der Waals surface area (Å²) in [6.45, 7) is 1.00. The highest BCUT2D eigenvalue weighted by Crippen LogP contribution is 2.18. The second kappa shape index (κ2) is 11.7. The fourth-order valence-electron chi connectivity index (χ4n) is 2.93. The van der Waals surface area contributed by atoms with Crippen LogP contribution in [0.3, 0.4) is 0 Å². The number of hydrogen-bond donors (Lipinski definition) is 2. The average Bonchev–Trinajstić information content (AvgIpc) is 2.57. The molecule has 1 aliphatic carbocycles. The predicted molar refractivity (Wildman–Crippen MR) is 117 cm³/mol. The third kappa shape index (κ3) is 7.94. The SMILES string of the molecule is CN(Cc1ccccc1Br)C(=O)CCN=C(N)NC1CCCCC1.I. The van der Waals surface area contributed by atoms with Gasteiger partial charge in [0.1, 0.15) is 0 Å². The molecule has 1 fully saturated rings. The standard InChI is InChI=1S/C18H27BrN4O.HI/c1-23(13-14-7-5-6-10-16(14)19)17(24)11-12-21-18(20)22-15-8-3-2-4-9-15;/h5-7,10,15H,2-4,8-9,11-13H2,1H3,(H3,20,21,22);1H. The third-order valence-corrected chi connectivity index (χ3v) is 5.13. The Morgan fingerprint density at radius 2 is 2.00 bits per heavy atom. The van der Waals surface area contributed by atoms with Crippen LogP contribution in [0.1, 0.15) is 44.1 Å². The monoisotopic (exact) mass is 522 g/mol. The summed E-state index contributed by atoms with van der Waals surface area (Å²) < 4.78 is 1.02. The van der Waals surface area contributed by atoms with E-state index >= 15 is 0 Å². The highest BCUT2D eigenvalue weighted by Gasteiger charge is 2.14. The second-order valence-electron chi connectivity index (χ2n) is 6.34. The van der Waals surface area contributed by atoms with Crippen molar-refractivity contribution in [3.05, 3.63) is 34.3 Å². The summed E-state index contributed by atoms with van der Waals surface area (Å²) in [4.78, 5) is 18.2. The van der Waals surface area contributed by atoms with Gasteiger partial charge in [0, 0.05) is 30.5 Å². The van der Waals surface area contributed by atoms with Gasteiger partial charge in [-0.2, -0.15) is 0 Å². The third-order valence-electron chi connectivity index (χ3n) is 4.36. The Labute approximate surface area is 176 Å². The Kier molecular flexibility index (Phi) is 10.4. The minimum Gasteiger partial charge on any atom is -0.370 e. The summed E-state index contributed by atoms with van der Waals surface area (Å²) in [6, 6.07) is 8.37. The molecule has 0 saturated heterocycles. The molecule has 0 aliphatic heterocycles. The molecule has 0 unspecified atom stereocenters. The van der Waals surface area contributed by atoms with E-state index in [0.29, 0.717) is 31.5 Å². The summed E-state index contributed by atoms with van der Waals surface area (Å²) in [5.41, 5.74) is 7.01. The summed E-state index contributed by atoms with van der Waals surface area (Å²) in [6.07, 6.45) is 6.50. The van der Waals surface area contributed by atoms with Crippen LogP contribution in [0, 0.1) is 0 Å². The molecule has 25 heavy (non-hydrogen) atoms. The topological polar surface area (TPSA) is 70.7 Å². The van der Waals surface area contributed by atoms with Gasteiger partial charge < -0.3 is 16.0 Å². The van der Waals surface area contributed by atoms with Gasteiger partial charge in [-0.1, -0.05) is 53.4 Å². The molecule has 0 atom stereocenters. The maximum absolute atomic E-state index is 12.2. The molecule has 0 bridgehead atoms. The van der Waals surface area contributed by atoms with E-state index in [0.717, 1.165) is 22.9 Å². The van der Waals surface area contributed by atoms with Gasteiger partial charge in [-0.05, 0) is 24.5 Å². The number of nitrogens with two attached hydrogens (primary N) is 1. The zero-order valence-corrected chi connectivity index (χ0v) is 18.6. The Hall–Kier alpha value is -0.830. The fourth-order valence-corrected chi connectivity index (χ4v) is 3.35. The Bertz CT molecular complexity index is 576. The van der Waals surface area contributed by atoms with E-state index in [9.17, 15) is 4.79 Å². The van der Waals surface area contributed by atoms with Crippen molar-refractivity contribution in [2.75, 3.05) is 13.6 Å². The number of amides is 1. The van der Waals surface area contributed by atoms with Crippen LogP contribution in [-0.4, -0.2) is 36.4 Å². The van der Waals surface area contributed by atoms with E-state index in [1.54, 1.807) is 4.90 Å². The molecule has 2 rings (SSSR count). The van der Waals surface area contributed by atoms with E-state index in [-0.39, 0.29) is 29.9 Å². The number of nitrogens with one attached hydrogen (secondary N) is 1. The first-order valence-corrected chi connectivity index (χ1v) is 9.39. The van der Waals surface area contributed by atoms with Crippen LogP contribution in [0.5, 0.6) is 0 Å². The average molecular weight is 523 g/mol. The molecule has 1 amide bonds. The molecule has 0 radical (unpaired) electrons. The lowest BCUT2D eigenvalue weighted by atomic mass is 9.96. The maximum Gasteiger partial charge on any atom is 0.224 e. The number of benzene rings is 1. The van der Waals surface area contributed by atoms with E-state index in [1.807, 2.05) is 31.3 Å². The van der Waals surface area contributed by atoms with Crippen LogP contribution in [0.4, 0.5) is 0 Å². The first kappa shape index (κ1) is 22.2. The molecular formula is C18H28BrIN4O. The van der Waals surface area contributed by atoms with Crippen LogP contribution in [0.2, 0.25) is 0 Å². The summed E-state index contributed by atoms with van der Waals surface area (Å²) in [7, 11) is 1.81. The van der Waals surface area contributed by atoms with Gasteiger partial charge in [0.15, 0.2) is 5.96 Å². The molecule has 3 N–H and O–H groups in total. The van der Waals surface area contributed by atoms with Crippen LogP contribution < -0.4 is 11.1 Å². The van der Waals surface area contributed by atoms with Gasteiger partial charge in [-0.25, -0.2) is 0 Å². The number of nitrogens with zero attached hydrogens (tertiary/aromatic N) is 2. The van der Waals surface area contributed by atoms with Crippen LogP contribution >= 0.6 is 39.9 Å². The lowest BCUT2D eigenvalue weighted by Gasteiger charge is -2.23. The number of guanidine groups is 1. The fraction of sp³-hybridized carbons (Fsp3) is 0.556. The molecule has 1 aromatic rings.